The Morgan fingerprint density at radius 2 is 2.00 bits per heavy atom. The van der Waals surface area contributed by atoms with Crippen LogP contribution in [0.25, 0.3) is 0 Å². The van der Waals surface area contributed by atoms with Crippen molar-refractivity contribution in [1.82, 2.24) is 4.57 Å². The van der Waals surface area contributed by atoms with Crippen LogP contribution in [0.15, 0.2) is 41.0 Å². The Labute approximate surface area is 119 Å². The van der Waals surface area contributed by atoms with Crippen LogP contribution in [-0.4, -0.2) is 22.6 Å². The molecule has 1 amide bonds. The number of fused-ring (bicyclic) bond motifs is 1. The van der Waals surface area contributed by atoms with Gasteiger partial charge >= 0.3 is 0 Å². The van der Waals surface area contributed by atoms with Crippen molar-refractivity contribution < 1.29 is 9.90 Å². The minimum Gasteiger partial charge on any atom is -0.371 e. The second-order valence-corrected chi connectivity index (χ2v) is 5.66. The van der Waals surface area contributed by atoms with E-state index in [1.165, 1.54) is 4.90 Å². The number of nitrogens with zero attached hydrogens (tertiary/aromatic N) is 2. The Hall–Kier alpha value is -1.59. The molecule has 1 aromatic carbocycles. The molecule has 1 atom stereocenters. The molecule has 2 heterocycles. The molecule has 0 fully saturated rings. The molecular weight excluding hydrogens is 308 g/mol. The second kappa shape index (κ2) is 3.95. The number of anilines is 1. The summed E-state index contributed by atoms with van der Waals surface area (Å²) in [6, 6.07) is 9.07. The van der Waals surface area contributed by atoms with Gasteiger partial charge in [-0.2, -0.15) is 0 Å². The normalized spacial score (nSPS) is 21.9. The molecule has 0 aliphatic carbocycles. The molecule has 0 spiro atoms. The van der Waals surface area contributed by atoms with Crippen LogP contribution in [0.3, 0.4) is 0 Å². The summed E-state index contributed by atoms with van der Waals surface area (Å²) in [5.74, 6) is -0.331. The molecule has 19 heavy (non-hydrogen) atoms. The van der Waals surface area contributed by atoms with Gasteiger partial charge in [-0.1, -0.05) is 15.9 Å². The van der Waals surface area contributed by atoms with Crippen molar-refractivity contribution in [3.8, 4) is 0 Å². The minimum absolute atomic E-state index is 0.331. The molecule has 1 N–H and O–H groups in total. The Kier molecular flexibility index (Phi) is 2.59. The number of hydrogen-bond donors (Lipinski definition) is 1. The van der Waals surface area contributed by atoms with Gasteiger partial charge in [0.1, 0.15) is 0 Å². The Bertz CT molecular complexity index is 680. The zero-order valence-electron chi connectivity index (χ0n) is 10.6. The number of likely N-dealkylation sites (N-methyl/N-ethyl adjacent to an activating group) is 1. The second-order valence-electron chi connectivity index (χ2n) is 4.74. The van der Waals surface area contributed by atoms with E-state index in [4.69, 9.17) is 0 Å². The van der Waals surface area contributed by atoms with Crippen LogP contribution in [0.4, 0.5) is 5.69 Å². The highest BCUT2D eigenvalue weighted by Crippen LogP contribution is 2.44. The average Bonchev–Trinajstić information content (AvgIpc) is 2.88. The van der Waals surface area contributed by atoms with E-state index < -0.39 is 5.60 Å². The highest BCUT2D eigenvalue weighted by molar-refractivity contribution is 9.10. The van der Waals surface area contributed by atoms with Gasteiger partial charge in [0.05, 0.1) is 11.4 Å². The largest absolute Gasteiger partial charge is 0.371 e. The Balaban J connectivity index is 2.32. The summed E-state index contributed by atoms with van der Waals surface area (Å²) in [6.07, 6.45) is 1.82. The lowest BCUT2D eigenvalue weighted by molar-refractivity contribution is -0.132. The van der Waals surface area contributed by atoms with Crippen LogP contribution in [0, 0.1) is 0 Å². The van der Waals surface area contributed by atoms with Gasteiger partial charge in [0.15, 0.2) is 0 Å². The third-order valence-electron chi connectivity index (χ3n) is 3.64. The topological polar surface area (TPSA) is 45.5 Å². The standard InChI is InChI=1S/C14H13BrN2O2/c1-16-7-3-4-12(16)14(19)10-8-9(15)5-6-11(10)17(2)13(14)18/h3-8,19H,1-2H3/t14-/m0/s1. The SMILES string of the molecule is CN1C(=O)[C@@](O)(c2cccn2C)c2cc(Br)ccc21. The molecule has 5 heteroatoms. The van der Waals surface area contributed by atoms with Crippen LogP contribution in [0.5, 0.6) is 0 Å². The predicted octanol–water partition coefficient (Wildman–Crippen LogP) is 2.00. The molecule has 1 aromatic heterocycles. The quantitative estimate of drug-likeness (QED) is 0.873. The highest BCUT2D eigenvalue weighted by atomic mass is 79.9. The highest BCUT2D eigenvalue weighted by Gasteiger charge is 2.51. The zero-order valence-corrected chi connectivity index (χ0v) is 12.2. The maximum atomic E-state index is 12.5. The summed E-state index contributed by atoms with van der Waals surface area (Å²) in [4.78, 5) is 14.0. The molecule has 0 radical (unpaired) electrons. The van der Waals surface area contributed by atoms with E-state index in [-0.39, 0.29) is 5.91 Å². The van der Waals surface area contributed by atoms with Crippen LogP contribution >= 0.6 is 15.9 Å². The predicted molar refractivity (Wildman–Crippen MR) is 76.0 cm³/mol. The lowest BCUT2D eigenvalue weighted by Crippen LogP contribution is -2.40. The zero-order chi connectivity index (χ0) is 13.8. The fourth-order valence-electron chi connectivity index (χ4n) is 2.64. The van der Waals surface area contributed by atoms with Gasteiger partial charge in [-0.05, 0) is 30.3 Å². The molecule has 3 rings (SSSR count). The third kappa shape index (κ3) is 1.52. The average molecular weight is 321 g/mol. The number of amides is 1. The summed E-state index contributed by atoms with van der Waals surface area (Å²) >= 11 is 3.39. The van der Waals surface area contributed by atoms with Crippen molar-refractivity contribution in [1.29, 1.82) is 0 Å². The molecule has 1 aliphatic heterocycles. The monoisotopic (exact) mass is 320 g/mol. The van der Waals surface area contributed by atoms with Crippen molar-refractivity contribution in [2.24, 2.45) is 7.05 Å². The first kappa shape index (κ1) is 12.4. The van der Waals surface area contributed by atoms with Gasteiger partial charge < -0.3 is 14.6 Å². The van der Waals surface area contributed by atoms with E-state index in [2.05, 4.69) is 15.9 Å². The number of benzene rings is 1. The molecule has 4 nitrogen and oxygen atoms in total. The first-order chi connectivity index (χ1) is 8.96. The molecule has 1 aliphatic rings. The summed E-state index contributed by atoms with van der Waals surface area (Å²) < 4.78 is 2.60. The van der Waals surface area contributed by atoms with Gasteiger partial charge in [-0.15, -0.1) is 0 Å². The maximum Gasteiger partial charge on any atom is 0.269 e. The number of carbonyl (C=O) groups excluding carboxylic acids is 1. The van der Waals surface area contributed by atoms with Crippen molar-refractivity contribution in [2.75, 3.05) is 11.9 Å². The fraction of sp³-hybridized carbons (Fsp3) is 0.214. The number of hydrogen-bond acceptors (Lipinski definition) is 2. The van der Waals surface area contributed by atoms with Crippen molar-refractivity contribution in [3.05, 3.63) is 52.3 Å². The van der Waals surface area contributed by atoms with Crippen molar-refractivity contribution >= 4 is 27.5 Å². The van der Waals surface area contributed by atoms with E-state index in [0.29, 0.717) is 11.3 Å². The van der Waals surface area contributed by atoms with Gasteiger partial charge in [-0.25, -0.2) is 0 Å². The van der Waals surface area contributed by atoms with Crippen LogP contribution in [0.1, 0.15) is 11.3 Å². The Morgan fingerprint density at radius 3 is 2.63 bits per heavy atom. The minimum atomic E-state index is -1.62. The number of rotatable bonds is 1. The third-order valence-corrected chi connectivity index (χ3v) is 4.13. The number of aliphatic hydroxyl groups is 1. The van der Waals surface area contributed by atoms with E-state index in [0.717, 1.165) is 10.2 Å². The van der Waals surface area contributed by atoms with Crippen LogP contribution in [-0.2, 0) is 17.4 Å². The van der Waals surface area contributed by atoms with Gasteiger partial charge in [0.25, 0.3) is 5.91 Å². The summed E-state index contributed by atoms with van der Waals surface area (Å²) in [5, 5.41) is 11.0. The number of aromatic nitrogens is 1. The fourth-order valence-corrected chi connectivity index (χ4v) is 3.00. The van der Waals surface area contributed by atoms with E-state index in [9.17, 15) is 9.90 Å². The summed E-state index contributed by atoms with van der Waals surface area (Å²) in [5.41, 5.74) is 0.292. The number of aryl methyl sites for hydroxylation is 1. The summed E-state index contributed by atoms with van der Waals surface area (Å²) in [7, 11) is 3.49. The number of carbonyl (C=O) groups is 1. The van der Waals surface area contributed by atoms with Gasteiger partial charge in [-0.3, -0.25) is 4.79 Å². The van der Waals surface area contributed by atoms with Crippen molar-refractivity contribution in [3.63, 3.8) is 0 Å². The first-order valence-electron chi connectivity index (χ1n) is 5.88. The van der Waals surface area contributed by atoms with E-state index >= 15 is 0 Å². The van der Waals surface area contributed by atoms with E-state index in [1.54, 1.807) is 23.7 Å². The van der Waals surface area contributed by atoms with Crippen LogP contribution in [0.2, 0.25) is 0 Å². The van der Waals surface area contributed by atoms with Crippen molar-refractivity contribution in [2.45, 2.75) is 5.60 Å². The summed E-state index contributed by atoms with van der Waals surface area (Å²) in [6.45, 7) is 0. The molecule has 0 saturated carbocycles. The maximum absolute atomic E-state index is 12.5. The lowest BCUT2D eigenvalue weighted by atomic mass is 9.92. The molecule has 98 valence electrons. The van der Waals surface area contributed by atoms with E-state index in [1.807, 2.05) is 31.4 Å². The number of halogens is 1. The first-order valence-corrected chi connectivity index (χ1v) is 6.68. The Morgan fingerprint density at radius 1 is 1.26 bits per heavy atom. The molecule has 0 bridgehead atoms. The van der Waals surface area contributed by atoms with Crippen LogP contribution < -0.4 is 4.90 Å². The molecule has 2 aromatic rings. The van der Waals surface area contributed by atoms with Gasteiger partial charge in [0, 0.05) is 30.3 Å². The molecule has 0 saturated heterocycles. The van der Waals surface area contributed by atoms with Gasteiger partial charge in [0.2, 0.25) is 5.60 Å². The molecule has 0 unspecified atom stereocenters. The lowest BCUT2D eigenvalue weighted by Gasteiger charge is -2.22. The molecular formula is C14H13BrN2O2. The smallest absolute Gasteiger partial charge is 0.269 e.